The topological polar surface area (TPSA) is 30.9 Å². The van der Waals surface area contributed by atoms with Crippen LogP contribution in [0.3, 0.4) is 0 Å². The van der Waals surface area contributed by atoms with E-state index in [2.05, 4.69) is 68.7 Å². The summed E-state index contributed by atoms with van der Waals surface area (Å²) in [5.74, 6) is 0. The Kier molecular flexibility index (Phi) is 3.45. The lowest BCUT2D eigenvalue weighted by molar-refractivity contribution is 0.274. The summed E-state index contributed by atoms with van der Waals surface area (Å²) >= 11 is 0. The number of aromatic nitrogens is 1. The Morgan fingerprint density at radius 1 is 1.24 bits per heavy atom. The van der Waals surface area contributed by atoms with E-state index in [0.29, 0.717) is 6.04 Å². The molecule has 2 atom stereocenters. The maximum atomic E-state index is 6.43. The van der Waals surface area contributed by atoms with Crippen LogP contribution in [0.2, 0.25) is 0 Å². The summed E-state index contributed by atoms with van der Waals surface area (Å²) in [7, 11) is 0. The zero-order valence-corrected chi connectivity index (χ0v) is 13.6. The van der Waals surface area contributed by atoms with Crippen LogP contribution in [0.5, 0.6) is 0 Å². The van der Waals surface area contributed by atoms with Crippen molar-refractivity contribution in [2.24, 2.45) is 11.1 Å². The molecule has 0 aliphatic heterocycles. The van der Waals surface area contributed by atoms with Gasteiger partial charge in [-0.2, -0.15) is 0 Å². The molecule has 0 fully saturated rings. The lowest BCUT2D eigenvalue weighted by Gasteiger charge is -2.35. The highest BCUT2D eigenvalue weighted by molar-refractivity contribution is 5.36. The van der Waals surface area contributed by atoms with Gasteiger partial charge >= 0.3 is 0 Å². The Morgan fingerprint density at radius 2 is 1.90 bits per heavy atom. The molecule has 2 aromatic rings. The van der Waals surface area contributed by atoms with Crippen molar-refractivity contribution in [2.75, 3.05) is 0 Å². The van der Waals surface area contributed by atoms with Crippen molar-refractivity contribution in [3.05, 3.63) is 58.9 Å². The van der Waals surface area contributed by atoms with Gasteiger partial charge in [-0.05, 0) is 49.3 Å². The zero-order chi connectivity index (χ0) is 15.2. The minimum Gasteiger partial charge on any atom is -0.341 e. The number of hydrogen-bond acceptors (Lipinski definition) is 1. The van der Waals surface area contributed by atoms with Crippen molar-refractivity contribution >= 4 is 0 Å². The Balaban J connectivity index is 2.08. The second-order valence-corrected chi connectivity index (χ2v) is 7.30. The standard InChI is InChI=1S/C19H26N2/c1-13-10-16-17(20)11-19(3,4)12-18(16)21(13)14(2)15-8-6-5-7-9-15/h5-10,14,17H,11-12,20H2,1-4H3. The van der Waals surface area contributed by atoms with Gasteiger partial charge in [0.1, 0.15) is 0 Å². The first kappa shape index (κ1) is 14.4. The van der Waals surface area contributed by atoms with Crippen molar-refractivity contribution in [2.45, 2.75) is 52.6 Å². The molecule has 0 spiro atoms. The van der Waals surface area contributed by atoms with Crippen molar-refractivity contribution in [3.8, 4) is 0 Å². The Morgan fingerprint density at radius 3 is 2.57 bits per heavy atom. The number of hydrogen-bond donors (Lipinski definition) is 1. The van der Waals surface area contributed by atoms with Crippen molar-refractivity contribution in [3.63, 3.8) is 0 Å². The van der Waals surface area contributed by atoms with E-state index < -0.39 is 0 Å². The fraction of sp³-hybridized carbons (Fsp3) is 0.474. The molecule has 0 radical (unpaired) electrons. The number of rotatable bonds is 2. The maximum Gasteiger partial charge on any atom is 0.0557 e. The molecule has 2 unspecified atom stereocenters. The SMILES string of the molecule is Cc1cc2c(n1C(C)c1ccccc1)CC(C)(C)CC2N. The van der Waals surface area contributed by atoms with Crippen LogP contribution in [-0.2, 0) is 6.42 Å². The molecule has 1 heterocycles. The number of nitrogens with two attached hydrogens (primary N) is 1. The molecule has 2 heteroatoms. The Hall–Kier alpha value is -1.54. The molecule has 0 amide bonds. The molecule has 1 aliphatic rings. The van der Waals surface area contributed by atoms with Crippen LogP contribution in [0.15, 0.2) is 36.4 Å². The van der Waals surface area contributed by atoms with Crippen LogP contribution in [0.25, 0.3) is 0 Å². The molecule has 21 heavy (non-hydrogen) atoms. The predicted molar refractivity (Wildman–Crippen MR) is 88.5 cm³/mol. The number of nitrogens with zero attached hydrogens (tertiary/aromatic N) is 1. The lowest BCUT2D eigenvalue weighted by Crippen LogP contribution is -2.31. The van der Waals surface area contributed by atoms with Crippen LogP contribution in [-0.4, -0.2) is 4.57 Å². The summed E-state index contributed by atoms with van der Waals surface area (Å²) in [6.07, 6.45) is 2.18. The van der Waals surface area contributed by atoms with E-state index in [-0.39, 0.29) is 11.5 Å². The lowest BCUT2D eigenvalue weighted by atomic mass is 9.74. The minimum absolute atomic E-state index is 0.173. The first-order valence-corrected chi connectivity index (χ1v) is 7.90. The van der Waals surface area contributed by atoms with Crippen molar-refractivity contribution in [1.29, 1.82) is 0 Å². The molecule has 1 aromatic heterocycles. The maximum absolute atomic E-state index is 6.43. The fourth-order valence-electron chi connectivity index (χ4n) is 3.89. The van der Waals surface area contributed by atoms with Gasteiger partial charge in [0, 0.05) is 17.4 Å². The molecule has 0 saturated heterocycles. The summed E-state index contributed by atoms with van der Waals surface area (Å²) < 4.78 is 2.49. The normalized spacial score (nSPS) is 21.9. The van der Waals surface area contributed by atoms with Crippen LogP contribution in [0.4, 0.5) is 0 Å². The molecular formula is C19H26N2. The van der Waals surface area contributed by atoms with Gasteiger partial charge < -0.3 is 10.3 Å². The average Bonchev–Trinajstić information content (AvgIpc) is 2.74. The number of fused-ring (bicyclic) bond motifs is 1. The third kappa shape index (κ3) is 2.53. The molecule has 1 aliphatic carbocycles. The van der Waals surface area contributed by atoms with Gasteiger partial charge in [-0.3, -0.25) is 0 Å². The highest BCUT2D eigenvalue weighted by Crippen LogP contribution is 2.42. The molecule has 1 aromatic carbocycles. The van der Waals surface area contributed by atoms with E-state index in [1.54, 1.807) is 0 Å². The van der Waals surface area contributed by atoms with E-state index in [1.165, 1.54) is 22.5 Å². The molecule has 2 nitrogen and oxygen atoms in total. The van der Waals surface area contributed by atoms with Gasteiger partial charge in [0.05, 0.1) is 6.04 Å². The third-order valence-corrected chi connectivity index (χ3v) is 4.86. The summed E-state index contributed by atoms with van der Waals surface area (Å²) in [4.78, 5) is 0. The average molecular weight is 282 g/mol. The second kappa shape index (κ2) is 5.03. The van der Waals surface area contributed by atoms with E-state index >= 15 is 0 Å². The minimum atomic E-state index is 0.173. The summed E-state index contributed by atoms with van der Waals surface area (Å²) in [6, 6.07) is 13.6. The highest BCUT2D eigenvalue weighted by Gasteiger charge is 2.34. The first-order valence-electron chi connectivity index (χ1n) is 7.90. The Bertz CT molecular complexity index is 637. The quantitative estimate of drug-likeness (QED) is 0.870. The van der Waals surface area contributed by atoms with Crippen LogP contribution in [0, 0.1) is 12.3 Å². The second-order valence-electron chi connectivity index (χ2n) is 7.30. The van der Waals surface area contributed by atoms with Gasteiger partial charge in [0.25, 0.3) is 0 Å². The monoisotopic (exact) mass is 282 g/mol. The molecular weight excluding hydrogens is 256 g/mol. The largest absolute Gasteiger partial charge is 0.341 e. The van der Waals surface area contributed by atoms with Gasteiger partial charge in [0.2, 0.25) is 0 Å². The fourth-order valence-corrected chi connectivity index (χ4v) is 3.89. The van der Waals surface area contributed by atoms with Gasteiger partial charge in [-0.15, -0.1) is 0 Å². The van der Waals surface area contributed by atoms with Gasteiger partial charge in [-0.25, -0.2) is 0 Å². The van der Waals surface area contributed by atoms with Crippen molar-refractivity contribution < 1.29 is 0 Å². The molecule has 112 valence electrons. The third-order valence-electron chi connectivity index (χ3n) is 4.86. The summed E-state index contributed by atoms with van der Waals surface area (Å²) in [5.41, 5.74) is 12.2. The van der Waals surface area contributed by atoms with E-state index in [1.807, 2.05) is 0 Å². The smallest absolute Gasteiger partial charge is 0.0557 e. The zero-order valence-electron chi connectivity index (χ0n) is 13.6. The molecule has 3 rings (SSSR count). The van der Waals surface area contributed by atoms with E-state index in [4.69, 9.17) is 5.73 Å². The number of benzene rings is 1. The van der Waals surface area contributed by atoms with Crippen LogP contribution < -0.4 is 5.73 Å². The highest BCUT2D eigenvalue weighted by atomic mass is 15.0. The predicted octanol–water partition coefficient (Wildman–Crippen LogP) is 4.38. The van der Waals surface area contributed by atoms with E-state index in [0.717, 1.165) is 12.8 Å². The van der Waals surface area contributed by atoms with Crippen LogP contribution >= 0.6 is 0 Å². The van der Waals surface area contributed by atoms with Crippen molar-refractivity contribution in [1.82, 2.24) is 4.57 Å². The van der Waals surface area contributed by atoms with E-state index in [9.17, 15) is 0 Å². The molecule has 0 bridgehead atoms. The van der Waals surface area contributed by atoms with Gasteiger partial charge in [0.15, 0.2) is 0 Å². The summed E-state index contributed by atoms with van der Waals surface area (Å²) in [5, 5.41) is 0. The molecule has 2 N–H and O–H groups in total. The first-order chi connectivity index (χ1) is 9.89. The summed E-state index contributed by atoms with van der Waals surface area (Å²) in [6.45, 7) is 9.15. The van der Waals surface area contributed by atoms with Gasteiger partial charge in [-0.1, -0.05) is 44.2 Å². The van der Waals surface area contributed by atoms with Crippen LogP contribution in [0.1, 0.15) is 61.8 Å². The number of aryl methyl sites for hydroxylation is 1. The Labute approximate surface area is 128 Å². The molecule has 0 saturated carbocycles.